The molecular formula is C18H14F3N3O2. The van der Waals surface area contributed by atoms with Crippen molar-refractivity contribution in [1.82, 2.24) is 14.8 Å². The van der Waals surface area contributed by atoms with Crippen LogP contribution in [0.15, 0.2) is 54.9 Å². The largest absolute Gasteiger partial charge is 0.461 e. The average Bonchev–Trinajstić information content (AvgIpc) is 3.08. The highest BCUT2D eigenvalue weighted by Crippen LogP contribution is 2.31. The number of carbonyl (C=O) groups excluding carboxylic acids is 1. The topological polar surface area (TPSA) is 57.0 Å². The van der Waals surface area contributed by atoms with Crippen LogP contribution in [0, 0.1) is 0 Å². The molecule has 0 aliphatic carbocycles. The molecule has 0 radical (unpaired) electrons. The van der Waals surface area contributed by atoms with Gasteiger partial charge in [0.15, 0.2) is 5.69 Å². The van der Waals surface area contributed by atoms with Crippen molar-refractivity contribution in [2.75, 3.05) is 6.61 Å². The summed E-state index contributed by atoms with van der Waals surface area (Å²) in [4.78, 5) is 16.2. The first-order chi connectivity index (χ1) is 12.4. The van der Waals surface area contributed by atoms with Gasteiger partial charge in [0.05, 0.1) is 23.6 Å². The third-order valence-electron chi connectivity index (χ3n) is 3.57. The number of benzene rings is 1. The Morgan fingerprint density at radius 3 is 2.65 bits per heavy atom. The van der Waals surface area contributed by atoms with Crippen LogP contribution >= 0.6 is 0 Å². The van der Waals surface area contributed by atoms with E-state index in [9.17, 15) is 18.0 Å². The molecule has 0 spiro atoms. The lowest BCUT2D eigenvalue weighted by atomic mass is 10.2. The lowest BCUT2D eigenvalue weighted by Crippen LogP contribution is -2.13. The Morgan fingerprint density at radius 2 is 2.00 bits per heavy atom. The predicted molar refractivity (Wildman–Crippen MR) is 87.8 cm³/mol. The number of nitrogens with zero attached hydrogens (tertiary/aromatic N) is 3. The van der Waals surface area contributed by atoms with Crippen molar-refractivity contribution in [3.63, 3.8) is 0 Å². The molecule has 0 aliphatic rings. The summed E-state index contributed by atoms with van der Waals surface area (Å²) in [5.74, 6) is -0.674. The van der Waals surface area contributed by atoms with Crippen LogP contribution in [0.3, 0.4) is 0 Å². The molecule has 1 aromatic carbocycles. The Hall–Kier alpha value is -3.16. The summed E-state index contributed by atoms with van der Waals surface area (Å²) in [5.41, 5.74) is 0.341. The molecule has 0 saturated carbocycles. The lowest BCUT2D eigenvalue weighted by molar-refractivity contribution is -0.137. The van der Waals surface area contributed by atoms with Gasteiger partial charge in [0, 0.05) is 18.0 Å². The minimum absolute atomic E-state index is 0.0324. The molecule has 26 heavy (non-hydrogen) atoms. The number of ether oxygens (including phenoxy) is 1. The Balaban J connectivity index is 2.13. The molecule has 2 heterocycles. The summed E-state index contributed by atoms with van der Waals surface area (Å²) in [7, 11) is 0. The molecule has 2 aromatic heterocycles. The van der Waals surface area contributed by atoms with E-state index in [2.05, 4.69) is 10.1 Å². The quantitative estimate of drug-likeness (QED) is 0.656. The van der Waals surface area contributed by atoms with Crippen molar-refractivity contribution in [2.24, 2.45) is 0 Å². The monoisotopic (exact) mass is 361 g/mol. The van der Waals surface area contributed by atoms with Gasteiger partial charge >= 0.3 is 12.1 Å². The first-order valence-electron chi connectivity index (χ1n) is 7.75. The zero-order valence-electron chi connectivity index (χ0n) is 13.7. The molecule has 0 unspecified atom stereocenters. The number of hydrogen-bond donors (Lipinski definition) is 0. The van der Waals surface area contributed by atoms with E-state index in [1.165, 1.54) is 18.2 Å². The van der Waals surface area contributed by atoms with Crippen LogP contribution in [0.25, 0.3) is 16.9 Å². The van der Waals surface area contributed by atoms with Gasteiger partial charge in [-0.05, 0) is 43.3 Å². The predicted octanol–water partition coefficient (Wildman–Crippen LogP) is 4.13. The number of aromatic nitrogens is 3. The van der Waals surface area contributed by atoms with E-state index in [4.69, 9.17) is 4.74 Å². The van der Waals surface area contributed by atoms with Crippen LogP contribution in [-0.2, 0) is 10.9 Å². The molecule has 0 atom stereocenters. The van der Waals surface area contributed by atoms with Crippen molar-refractivity contribution < 1.29 is 22.7 Å². The van der Waals surface area contributed by atoms with Gasteiger partial charge in [-0.2, -0.15) is 18.3 Å². The van der Waals surface area contributed by atoms with E-state index in [0.717, 1.165) is 16.8 Å². The first kappa shape index (κ1) is 17.7. The van der Waals surface area contributed by atoms with E-state index in [-0.39, 0.29) is 18.0 Å². The number of hydrogen-bond acceptors (Lipinski definition) is 4. The van der Waals surface area contributed by atoms with E-state index in [1.54, 1.807) is 31.5 Å². The Kier molecular flexibility index (Phi) is 4.75. The lowest BCUT2D eigenvalue weighted by Gasteiger charge is -2.10. The third-order valence-corrected chi connectivity index (χ3v) is 3.57. The number of rotatable bonds is 4. The van der Waals surface area contributed by atoms with Gasteiger partial charge in [-0.25, -0.2) is 9.48 Å². The fourth-order valence-electron chi connectivity index (χ4n) is 2.40. The van der Waals surface area contributed by atoms with Crippen molar-refractivity contribution in [1.29, 1.82) is 0 Å². The van der Waals surface area contributed by atoms with Crippen molar-refractivity contribution in [3.05, 3.63) is 66.1 Å². The minimum Gasteiger partial charge on any atom is -0.461 e. The van der Waals surface area contributed by atoms with Gasteiger partial charge in [0.1, 0.15) is 0 Å². The molecule has 0 saturated heterocycles. The molecule has 0 fully saturated rings. The second-order valence-corrected chi connectivity index (χ2v) is 5.34. The van der Waals surface area contributed by atoms with Crippen molar-refractivity contribution in [2.45, 2.75) is 13.1 Å². The van der Waals surface area contributed by atoms with Crippen LogP contribution in [0.2, 0.25) is 0 Å². The molecule has 0 amide bonds. The number of carbonyl (C=O) groups is 1. The molecule has 0 N–H and O–H groups in total. The summed E-state index contributed by atoms with van der Waals surface area (Å²) in [6, 6.07) is 9.50. The van der Waals surface area contributed by atoms with Gasteiger partial charge in [-0.1, -0.05) is 6.07 Å². The van der Waals surface area contributed by atoms with Crippen LogP contribution < -0.4 is 0 Å². The van der Waals surface area contributed by atoms with Crippen LogP contribution in [0.5, 0.6) is 0 Å². The molecule has 8 heteroatoms. The first-order valence-corrected chi connectivity index (χ1v) is 7.75. The smallest absolute Gasteiger partial charge is 0.416 e. The summed E-state index contributed by atoms with van der Waals surface area (Å²) in [6.45, 7) is 1.78. The maximum atomic E-state index is 13.0. The molecule has 0 aliphatic heterocycles. The van der Waals surface area contributed by atoms with Crippen molar-refractivity contribution >= 4 is 5.97 Å². The number of halogens is 3. The second kappa shape index (κ2) is 6.99. The maximum Gasteiger partial charge on any atom is 0.416 e. The summed E-state index contributed by atoms with van der Waals surface area (Å²) >= 11 is 0. The van der Waals surface area contributed by atoms with Gasteiger partial charge in [0.2, 0.25) is 0 Å². The van der Waals surface area contributed by atoms with Gasteiger partial charge < -0.3 is 4.74 Å². The summed E-state index contributed by atoms with van der Waals surface area (Å²) in [5, 5.41) is 4.29. The van der Waals surface area contributed by atoms with Crippen molar-refractivity contribution in [3.8, 4) is 16.9 Å². The standard InChI is InChI=1S/C18H14F3N3O2/c1-2-26-17(25)16-10-15(12-5-4-8-22-11-12)23-24(16)14-7-3-6-13(9-14)18(19,20)21/h3-11H,2H2,1H3. The molecule has 134 valence electrons. The van der Waals surface area contributed by atoms with E-state index in [1.807, 2.05) is 0 Å². The number of alkyl halides is 3. The fourth-order valence-corrected chi connectivity index (χ4v) is 2.40. The molecule has 3 aromatic rings. The van der Waals surface area contributed by atoms with E-state index >= 15 is 0 Å². The molecular weight excluding hydrogens is 347 g/mol. The van der Waals surface area contributed by atoms with Crippen LogP contribution in [-0.4, -0.2) is 27.3 Å². The molecule has 3 rings (SSSR count). The minimum atomic E-state index is -4.50. The summed E-state index contributed by atoms with van der Waals surface area (Å²) < 4.78 is 45.2. The SMILES string of the molecule is CCOC(=O)c1cc(-c2cccnc2)nn1-c1cccc(C(F)(F)F)c1. The third kappa shape index (κ3) is 3.58. The molecule has 0 bridgehead atoms. The van der Waals surface area contributed by atoms with E-state index < -0.39 is 17.7 Å². The second-order valence-electron chi connectivity index (χ2n) is 5.34. The summed E-state index contributed by atoms with van der Waals surface area (Å²) in [6.07, 6.45) is -1.37. The highest BCUT2D eigenvalue weighted by molar-refractivity contribution is 5.89. The number of esters is 1. The Morgan fingerprint density at radius 1 is 1.19 bits per heavy atom. The van der Waals surface area contributed by atoms with Gasteiger partial charge in [-0.3, -0.25) is 4.98 Å². The normalized spacial score (nSPS) is 11.4. The fraction of sp³-hybridized carbons (Fsp3) is 0.167. The van der Waals surface area contributed by atoms with Gasteiger partial charge in [-0.15, -0.1) is 0 Å². The highest BCUT2D eigenvalue weighted by Gasteiger charge is 2.31. The highest BCUT2D eigenvalue weighted by atomic mass is 19.4. The Labute approximate surface area is 147 Å². The zero-order chi connectivity index (χ0) is 18.7. The number of pyridine rings is 1. The zero-order valence-corrected chi connectivity index (χ0v) is 13.7. The van der Waals surface area contributed by atoms with Gasteiger partial charge in [0.25, 0.3) is 0 Å². The van der Waals surface area contributed by atoms with Crippen LogP contribution in [0.1, 0.15) is 23.0 Å². The maximum absolute atomic E-state index is 13.0. The van der Waals surface area contributed by atoms with Crippen LogP contribution in [0.4, 0.5) is 13.2 Å². The molecule has 5 nitrogen and oxygen atoms in total. The Bertz CT molecular complexity index is 921. The average molecular weight is 361 g/mol. The van der Waals surface area contributed by atoms with E-state index in [0.29, 0.717) is 11.3 Å².